The summed E-state index contributed by atoms with van der Waals surface area (Å²) in [7, 11) is 0. The van der Waals surface area contributed by atoms with Crippen LogP contribution in [0.1, 0.15) is 0 Å². The summed E-state index contributed by atoms with van der Waals surface area (Å²) in [6.07, 6.45) is 0. The molecule has 0 unspecified atom stereocenters. The molecule has 0 saturated carbocycles. The Morgan fingerprint density at radius 2 is 0.800 bits per heavy atom. The lowest BCUT2D eigenvalue weighted by Crippen LogP contribution is -2.42. The fourth-order valence-electron chi connectivity index (χ4n) is 3.04. The van der Waals surface area contributed by atoms with E-state index >= 15 is 0 Å². The molecule has 0 N–H and O–H groups in total. The maximum Gasteiger partial charge on any atom is 0.0110 e. The molecule has 0 amide bonds. The number of thiol groups is 2. The first kappa shape index (κ1) is 16.9. The minimum Gasteiger partial charge on any atom is -0.300 e. The van der Waals surface area contributed by atoms with Crippen molar-refractivity contribution in [3.05, 3.63) is 0 Å². The molecule has 4 nitrogen and oxygen atoms in total. The van der Waals surface area contributed by atoms with Gasteiger partial charge in [-0.2, -0.15) is 25.3 Å². The molecule has 20 heavy (non-hydrogen) atoms. The van der Waals surface area contributed by atoms with E-state index in [0.29, 0.717) is 0 Å². The molecular weight excluding hydrogens is 288 g/mol. The summed E-state index contributed by atoms with van der Waals surface area (Å²) in [5.74, 6) is 1.94. The van der Waals surface area contributed by atoms with Crippen molar-refractivity contribution in [2.45, 2.75) is 0 Å². The highest BCUT2D eigenvalue weighted by atomic mass is 32.1. The van der Waals surface area contributed by atoms with E-state index in [1.807, 2.05) is 0 Å². The highest BCUT2D eigenvalue weighted by Gasteiger charge is 2.19. The Bertz CT molecular complexity index is 226. The van der Waals surface area contributed by atoms with Gasteiger partial charge in [0, 0.05) is 90.0 Å². The van der Waals surface area contributed by atoms with Crippen LogP contribution in [-0.2, 0) is 0 Å². The van der Waals surface area contributed by atoms with Gasteiger partial charge in [-0.1, -0.05) is 0 Å². The second kappa shape index (κ2) is 9.54. The van der Waals surface area contributed by atoms with Crippen molar-refractivity contribution in [1.29, 1.82) is 0 Å². The van der Waals surface area contributed by atoms with E-state index in [4.69, 9.17) is 0 Å². The molecule has 2 saturated heterocycles. The molecule has 0 atom stereocenters. The average molecular weight is 319 g/mol. The summed E-state index contributed by atoms with van der Waals surface area (Å²) in [5, 5.41) is 0. The Morgan fingerprint density at radius 1 is 0.500 bits per heavy atom. The van der Waals surface area contributed by atoms with Crippen LogP contribution in [0, 0.1) is 0 Å². The normalized spacial score (nSPS) is 30.9. The lowest BCUT2D eigenvalue weighted by molar-refractivity contribution is 0.184. The Morgan fingerprint density at radius 3 is 1.10 bits per heavy atom. The number of hydrogen-bond donors (Lipinski definition) is 2. The molecule has 0 aliphatic carbocycles. The van der Waals surface area contributed by atoms with Gasteiger partial charge in [0.1, 0.15) is 0 Å². The van der Waals surface area contributed by atoms with Crippen molar-refractivity contribution in [3.8, 4) is 0 Å². The Hall–Kier alpha value is 0.540. The molecule has 2 aliphatic rings. The smallest absolute Gasteiger partial charge is 0.0110 e. The quantitative estimate of drug-likeness (QED) is 0.712. The largest absolute Gasteiger partial charge is 0.300 e. The second-order valence-corrected chi connectivity index (χ2v) is 6.71. The van der Waals surface area contributed by atoms with Crippen LogP contribution in [0.15, 0.2) is 0 Å². The van der Waals surface area contributed by atoms with Crippen molar-refractivity contribution < 1.29 is 0 Å². The predicted molar refractivity (Wildman–Crippen MR) is 93.5 cm³/mol. The van der Waals surface area contributed by atoms with E-state index in [0.717, 1.165) is 24.6 Å². The van der Waals surface area contributed by atoms with Crippen LogP contribution < -0.4 is 0 Å². The van der Waals surface area contributed by atoms with Crippen molar-refractivity contribution in [3.63, 3.8) is 0 Å². The molecular formula is C14H30N4S2. The van der Waals surface area contributed by atoms with E-state index in [-0.39, 0.29) is 0 Å². The van der Waals surface area contributed by atoms with Crippen LogP contribution in [0.4, 0.5) is 0 Å². The third kappa shape index (κ3) is 5.73. The Labute approximate surface area is 135 Å². The third-order valence-electron chi connectivity index (χ3n) is 4.49. The van der Waals surface area contributed by atoms with E-state index in [2.05, 4.69) is 44.9 Å². The van der Waals surface area contributed by atoms with Crippen LogP contribution in [0.25, 0.3) is 0 Å². The molecule has 6 heteroatoms. The second-order valence-electron chi connectivity index (χ2n) is 5.81. The first-order chi connectivity index (χ1) is 9.81. The first-order valence-corrected chi connectivity index (χ1v) is 9.19. The zero-order valence-electron chi connectivity index (χ0n) is 12.6. The molecule has 0 radical (unpaired) electrons. The fourth-order valence-corrected chi connectivity index (χ4v) is 3.60. The summed E-state index contributed by atoms with van der Waals surface area (Å²) < 4.78 is 0. The molecule has 2 fully saturated rings. The molecule has 0 spiro atoms. The fraction of sp³-hybridized carbons (Fsp3) is 1.00. The van der Waals surface area contributed by atoms with Crippen LogP contribution in [-0.4, -0.2) is 110 Å². The van der Waals surface area contributed by atoms with Gasteiger partial charge in [-0.3, -0.25) is 19.6 Å². The first-order valence-electron chi connectivity index (χ1n) is 7.93. The van der Waals surface area contributed by atoms with E-state index in [1.165, 1.54) is 65.4 Å². The molecule has 118 valence electrons. The lowest BCUT2D eigenvalue weighted by Gasteiger charge is -2.29. The number of hydrogen-bond acceptors (Lipinski definition) is 6. The lowest BCUT2D eigenvalue weighted by atomic mass is 10.3. The van der Waals surface area contributed by atoms with Gasteiger partial charge in [0.05, 0.1) is 0 Å². The SMILES string of the molecule is SCCN1CCN2CCN(CCS)CCN(CC1)CC2. The summed E-state index contributed by atoms with van der Waals surface area (Å²) in [4.78, 5) is 10.4. The maximum atomic E-state index is 4.39. The molecule has 2 aliphatic heterocycles. The van der Waals surface area contributed by atoms with Crippen LogP contribution >= 0.6 is 25.3 Å². The van der Waals surface area contributed by atoms with Crippen molar-refractivity contribution >= 4 is 25.3 Å². The van der Waals surface area contributed by atoms with Crippen LogP contribution in [0.2, 0.25) is 0 Å². The zero-order valence-corrected chi connectivity index (χ0v) is 14.4. The van der Waals surface area contributed by atoms with Crippen LogP contribution in [0.5, 0.6) is 0 Å². The number of rotatable bonds is 4. The molecule has 0 aromatic heterocycles. The maximum absolute atomic E-state index is 4.39. The van der Waals surface area contributed by atoms with E-state index in [9.17, 15) is 0 Å². The Balaban J connectivity index is 1.94. The molecule has 0 aromatic carbocycles. The summed E-state index contributed by atoms with van der Waals surface area (Å²) >= 11 is 8.78. The number of fused-ring (bicyclic) bond motifs is 3. The van der Waals surface area contributed by atoms with Gasteiger partial charge in [-0.05, 0) is 0 Å². The summed E-state index contributed by atoms with van der Waals surface area (Å²) in [6.45, 7) is 14.3. The minimum atomic E-state index is 0.968. The summed E-state index contributed by atoms with van der Waals surface area (Å²) in [6, 6.07) is 0. The average Bonchev–Trinajstić information content (AvgIpc) is 2.60. The summed E-state index contributed by atoms with van der Waals surface area (Å²) in [5.41, 5.74) is 0. The Kier molecular flexibility index (Phi) is 8.06. The predicted octanol–water partition coefficient (Wildman–Crippen LogP) is 0.0812. The van der Waals surface area contributed by atoms with Gasteiger partial charge in [-0.15, -0.1) is 0 Å². The van der Waals surface area contributed by atoms with Gasteiger partial charge in [-0.25, -0.2) is 0 Å². The van der Waals surface area contributed by atoms with E-state index in [1.54, 1.807) is 0 Å². The zero-order chi connectivity index (χ0) is 14.2. The van der Waals surface area contributed by atoms with E-state index < -0.39 is 0 Å². The van der Waals surface area contributed by atoms with Crippen molar-refractivity contribution in [1.82, 2.24) is 19.6 Å². The van der Waals surface area contributed by atoms with Gasteiger partial charge < -0.3 is 0 Å². The molecule has 0 aromatic rings. The molecule has 2 heterocycles. The molecule has 2 bridgehead atoms. The topological polar surface area (TPSA) is 13.0 Å². The highest BCUT2D eigenvalue weighted by molar-refractivity contribution is 7.80. The van der Waals surface area contributed by atoms with Gasteiger partial charge in [0.15, 0.2) is 0 Å². The van der Waals surface area contributed by atoms with Gasteiger partial charge >= 0.3 is 0 Å². The third-order valence-corrected chi connectivity index (χ3v) is 4.89. The van der Waals surface area contributed by atoms with Crippen molar-refractivity contribution in [2.75, 3.05) is 90.0 Å². The standard InChI is InChI=1S/C14H30N4S2/c19-13-11-17-7-3-15-1-2-16(5-9-17)6-10-18(8-4-15)12-14-20/h19-20H,1-14H2. The minimum absolute atomic E-state index is 0.968. The van der Waals surface area contributed by atoms with Crippen molar-refractivity contribution in [2.24, 2.45) is 0 Å². The monoisotopic (exact) mass is 318 g/mol. The highest BCUT2D eigenvalue weighted by Crippen LogP contribution is 2.05. The number of nitrogens with zero attached hydrogens (tertiary/aromatic N) is 4. The molecule has 2 rings (SSSR count). The van der Waals surface area contributed by atoms with Gasteiger partial charge in [0.2, 0.25) is 0 Å². The van der Waals surface area contributed by atoms with Crippen LogP contribution in [0.3, 0.4) is 0 Å². The van der Waals surface area contributed by atoms with Gasteiger partial charge in [0.25, 0.3) is 0 Å².